The summed E-state index contributed by atoms with van der Waals surface area (Å²) < 4.78 is 25.8. The van der Waals surface area contributed by atoms with E-state index in [9.17, 15) is 13.6 Å². The number of benzene rings is 2. The smallest absolute Gasteiger partial charge is 0.337 e. The van der Waals surface area contributed by atoms with Crippen LogP contribution in [0.15, 0.2) is 36.4 Å². The van der Waals surface area contributed by atoms with Gasteiger partial charge in [0.2, 0.25) is 0 Å². The van der Waals surface area contributed by atoms with Gasteiger partial charge in [0.25, 0.3) is 0 Å². The first-order chi connectivity index (χ1) is 8.97. The lowest BCUT2D eigenvalue weighted by Crippen LogP contribution is -2.03. The fourth-order valence-corrected chi connectivity index (χ4v) is 1.56. The van der Waals surface area contributed by atoms with E-state index < -0.39 is 17.6 Å². The molecule has 0 radical (unpaired) electrons. The van der Waals surface area contributed by atoms with Crippen molar-refractivity contribution in [3.05, 3.63) is 53.6 Å². The van der Waals surface area contributed by atoms with E-state index in [1.54, 1.807) is 6.07 Å². The van der Waals surface area contributed by atoms with Crippen molar-refractivity contribution in [2.45, 2.75) is 0 Å². The van der Waals surface area contributed by atoms with Gasteiger partial charge in [-0.2, -0.15) is 0 Å². The first kappa shape index (κ1) is 12.8. The average molecular weight is 264 g/mol. The summed E-state index contributed by atoms with van der Waals surface area (Å²) in [7, 11) is 0. The number of carboxylic acid groups (broad SMARTS) is 1. The molecule has 0 heterocycles. The molecule has 0 bridgehead atoms. The van der Waals surface area contributed by atoms with Gasteiger partial charge in [0.15, 0.2) is 11.6 Å². The Morgan fingerprint density at radius 1 is 1.05 bits per heavy atom. The zero-order valence-corrected chi connectivity index (χ0v) is 9.65. The van der Waals surface area contributed by atoms with E-state index >= 15 is 0 Å². The Morgan fingerprint density at radius 3 is 2.32 bits per heavy atom. The SMILES string of the molecule is Nc1ccc(Nc2ccc(F)c(F)c2)cc1C(=O)O. The normalized spacial score (nSPS) is 10.2. The van der Waals surface area contributed by atoms with E-state index in [0.717, 1.165) is 12.1 Å². The molecule has 0 aromatic heterocycles. The quantitative estimate of drug-likeness (QED) is 0.745. The van der Waals surface area contributed by atoms with Crippen LogP contribution in [0, 0.1) is 11.6 Å². The zero-order chi connectivity index (χ0) is 14.0. The number of hydrogen-bond donors (Lipinski definition) is 3. The van der Waals surface area contributed by atoms with Crippen LogP contribution in [0.1, 0.15) is 10.4 Å². The summed E-state index contributed by atoms with van der Waals surface area (Å²) in [6.07, 6.45) is 0. The average Bonchev–Trinajstić information content (AvgIpc) is 2.36. The molecule has 2 aromatic carbocycles. The molecule has 98 valence electrons. The number of nitrogens with two attached hydrogens (primary N) is 1. The highest BCUT2D eigenvalue weighted by molar-refractivity contribution is 5.95. The van der Waals surface area contributed by atoms with Gasteiger partial charge in [-0.1, -0.05) is 0 Å². The highest BCUT2D eigenvalue weighted by atomic mass is 19.2. The Labute approximate surface area is 107 Å². The number of rotatable bonds is 3. The summed E-state index contributed by atoms with van der Waals surface area (Å²) in [5.41, 5.74) is 6.30. The van der Waals surface area contributed by atoms with E-state index in [1.165, 1.54) is 18.2 Å². The van der Waals surface area contributed by atoms with Crippen molar-refractivity contribution < 1.29 is 18.7 Å². The van der Waals surface area contributed by atoms with Crippen LogP contribution in [0.25, 0.3) is 0 Å². The van der Waals surface area contributed by atoms with Crippen LogP contribution in [-0.4, -0.2) is 11.1 Å². The lowest BCUT2D eigenvalue weighted by atomic mass is 10.1. The van der Waals surface area contributed by atoms with Crippen molar-refractivity contribution in [2.24, 2.45) is 0 Å². The van der Waals surface area contributed by atoms with E-state index in [4.69, 9.17) is 10.8 Å². The van der Waals surface area contributed by atoms with Crippen molar-refractivity contribution in [2.75, 3.05) is 11.1 Å². The topological polar surface area (TPSA) is 75.3 Å². The van der Waals surface area contributed by atoms with Gasteiger partial charge in [0, 0.05) is 23.1 Å². The second-order valence-electron chi connectivity index (χ2n) is 3.86. The van der Waals surface area contributed by atoms with Crippen molar-refractivity contribution >= 4 is 23.0 Å². The van der Waals surface area contributed by atoms with Crippen LogP contribution in [0.3, 0.4) is 0 Å². The van der Waals surface area contributed by atoms with Crippen LogP contribution in [0.5, 0.6) is 0 Å². The Morgan fingerprint density at radius 2 is 1.68 bits per heavy atom. The molecule has 2 rings (SSSR count). The molecular weight excluding hydrogens is 254 g/mol. The number of aromatic carboxylic acids is 1. The largest absolute Gasteiger partial charge is 0.478 e. The maximum atomic E-state index is 13.0. The number of halogens is 2. The Bertz CT molecular complexity index is 645. The molecule has 0 saturated carbocycles. The lowest BCUT2D eigenvalue weighted by molar-refractivity contribution is 0.0698. The summed E-state index contributed by atoms with van der Waals surface area (Å²) in [6.45, 7) is 0. The number of carbonyl (C=O) groups is 1. The van der Waals surface area contributed by atoms with Gasteiger partial charge < -0.3 is 16.2 Å². The Kier molecular flexibility index (Phi) is 3.33. The monoisotopic (exact) mass is 264 g/mol. The van der Waals surface area contributed by atoms with Crippen LogP contribution in [0.4, 0.5) is 25.8 Å². The fraction of sp³-hybridized carbons (Fsp3) is 0. The third kappa shape index (κ3) is 2.79. The van der Waals surface area contributed by atoms with Crippen LogP contribution >= 0.6 is 0 Å². The maximum Gasteiger partial charge on any atom is 0.337 e. The predicted octanol–water partition coefficient (Wildman–Crippen LogP) is 2.99. The molecule has 0 aliphatic rings. The summed E-state index contributed by atoms with van der Waals surface area (Å²) in [5.74, 6) is -3.10. The molecule has 0 fully saturated rings. The van der Waals surface area contributed by atoms with Gasteiger partial charge in [0.1, 0.15) is 0 Å². The molecule has 0 spiro atoms. The molecular formula is C13H10F2N2O2. The van der Waals surface area contributed by atoms with Crippen molar-refractivity contribution in [3.8, 4) is 0 Å². The maximum absolute atomic E-state index is 13.0. The number of carboxylic acids is 1. The molecule has 4 N–H and O–H groups in total. The molecule has 6 heteroatoms. The first-order valence-corrected chi connectivity index (χ1v) is 5.32. The number of nitrogen functional groups attached to an aromatic ring is 1. The second kappa shape index (κ2) is 4.93. The minimum absolute atomic E-state index is 0.0624. The Hall–Kier alpha value is -2.63. The van der Waals surface area contributed by atoms with Gasteiger partial charge in [0.05, 0.1) is 5.56 Å². The van der Waals surface area contributed by atoms with E-state index in [-0.39, 0.29) is 11.3 Å². The lowest BCUT2D eigenvalue weighted by Gasteiger charge is -2.09. The predicted molar refractivity (Wildman–Crippen MR) is 67.5 cm³/mol. The minimum Gasteiger partial charge on any atom is -0.478 e. The van der Waals surface area contributed by atoms with E-state index in [2.05, 4.69) is 5.32 Å². The van der Waals surface area contributed by atoms with Crippen LogP contribution in [-0.2, 0) is 0 Å². The van der Waals surface area contributed by atoms with Gasteiger partial charge in [-0.25, -0.2) is 13.6 Å². The standard InChI is InChI=1S/C13H10F2N2O2/c14-10-3-1-8(6-11(10)15)17-7-2-4-12(16)9(5-7)13(18)19/h1-6,17H,16H2,(H,18,19). The molecule has 0 unspecified atom stereocenters. The third-order valence-electron chi connectivity index (χ3n) is 2.49. The van der Waals surface area contributed by atoms with Crippen molar-refractivity contribution in [1.29, 1.82) is 0 Å². The molecule has 0 aliphatic carbocycles. The number of hydrogen-bond acceptors (Lipinski definition) is 3. The molecule has 4 nitrogen and oxygen atoms in total. The molecule has 2 aromatic rings. The van der Waals surface area contributed by atoms with Gasteiger partial charge in [-0.15, -0.1) is 0 Å². The first-order valence-electron chi connectivity index (χ1n) is 5.32. The van der Waals surface area contributed by atoms with Gasteiger partial charge in [-0.05, 0) is 30.3 Å². The summed E-state index contributed by atoms with van der Waals surface area (Å²) in [4.78, 5) is 10.9. The summed E-state index contributed by atoms with van der Waals surface area (Å²) in [6, 6.07) is 7.59. The van der Waals surface area contributed by atoms with Crippen LogP contribution in [0.2, 0.25) is 0 Å². The summed E-state index contributed by atoms with van der Waals surface area (Å²) in [5, 5.41) is 11.7. The summed E-state index contributed by atoms with van der Waals surface area (Å²) >= 11 is 0. The van der Waals surface area contributed by atoms with Crippen LogP contribution < -0.4 is 11.1 Å². The third-order valence-corrected chi connectivity index (χ3v) is 2.49. The fourth-order valence-electron chi connectivity index (χ4n) is 1.56. The highest BCUT2D eigenvalue weighted by Gasteiger charge is 2.09. The van der Waals surface area contributed by atoms with Crippen molar-refractivity contribution in [1.82, 2.24) is 0 Å². The molecule has 0 atom stereocenters. The van der Waals surface area contributed by atoms with Gasteiger partial charge in [-0.3, -0.25) is 0 Å². The van der Waals surface area contributed by atoms with E-state index in [1.807, 2.05) is 0 Å². The van der Waals surface area contributed by atoms with E-state index in [0.29, 0.717) is 11.4 Å². The molecule has 0 saturated heterocycles. The molecule has 19 heavy (non-hydrogen) atoms. The minimum atomic E-state index is -1.16. The molecule has 0 amide bonds. The van der Waals surface area contributed by atoms with Crippen molar-refractivity contribution in [3.63, 3.8) is 0 Å². The number of anilines is 3. The number of nitrogens with one attached hydrogen (secondary N) is 1. The Balaban J connectivity index is 2.30. The highest BCUT2D eigenvalue weighted by Crippen LogP contribution is 2.22. The second-order valence-corrected chi connectivity index (χ2v) is 3.86. The molecule has 0 aliphatic heterocycles. The van der Waals surface area contributed by atoms with Gasteiger partial charge >= 0.3 is 5.97 Å². The zero-order valence-electron chi connectivity index (χ0n) is 9.65.